The molecule has 5 heteroatoms. The van der Waals surface area contributed by atoms with E-state index in [1.54, 1.807) is 0 Å². The van der Waals surface area contributed by atoms with Gasteiger partial charge in [0.25, 0.3) is 5.91 Å². The number of piperidine rings is 1. The summed E-state index contributed by atoms with van der Waals surface area (Å²) in [5.74, 6) is -0.159. The van der Waals surface area contributed by atoms with Crippen molar-refractivity contribution in [3.8, 4) is 10.6 Å². The molecule has 0 atom stereocenters. The van der Waals surface area contributed by atoms with Gasteiger partial charge in [-0.3, -0.25) is 4.79 Å². The minimum Gasteiger partial charge on any atom is -0.370 e. The highest BCUT2D eigenvalue weighted by atomic mass is 32.1. The average Bonchev–Trinajstić information content (AvgIpc) is 3.20. The van der Waals surface area contributed by atoms with Crippen LogP contribution in [0.5, 0.6) is 0 Å². The van der Waals surface area contributed by atoms with Gasteiger partial charge in [-0.25, -0.2) is 4.98 Å². The third-order valence-corrected chi connectivity index (χ3v) is 5.50. The summed E-state index contributed by atoms with van der Waals surface area (Å²) in [7, 11) is 0. The highest BCUT2D eigenvalue weighted by Gasteiger charge is 2.17. The van der Waals surface area contributed by atoms with Crippen LogP contribution >= 0.6 is 11.3 Å². The maximum atomic E-state index is 12.7. The van der Waals surface area contributed by atoms with Gasteiger partial charge in [-0.1, -0.05) is 42.5 Å². The molecule has 2 heterocycles. The second-order valence-electron chi connectivity index (χ2n) is 6.42. The maximum Gasteiger partial charge on any atom is 0.275 e. The Morgan fingerprint density at radius 2 is 1.69 bits per heavy atom. The van der Waals surface area contributed by atoms with E-state index in [4.69, 9.17) is 0 Å². The minimum atomic E-state index is -0.159. The molecule has 2 aromatic carbocycles. The number of rotatable bonds is 4. The molecule has 1 fully saturated rings. The topological polar surface area (TPSA) is 45.2 Å². The Bertz CT molecular complexity index is 885. The number of nitrogens with one attached hydrogen (secondary N) is 1. The molecule has 26 heavy (non-hydrogen) atoms. The molecular formula is C21H21N3OS. The van der Waals surface area contributed by atoms with Gasteiger partial charge in [-0.05, 0) is 31.4 Å². The first-order valence-corrected chi connectivity index (χ1v) is 9.85. The van der Waals surface area contributed by atoms with E-state index in [1.807, 2.05) is 53.9 Å². The molecule has 1 saturated heterocycles. The van der Waals surface area contributed by atoms with Crippen LogP contribution in [-0.2, 0) is 0 Å². The van der Waals surface area contributed by atoms with Crippen LogP contribution in [0.25, 0.3) is 10.6 Å². The fraction of sp³-hybridized carbons (Fsp3) is 0.238. The first-order valence-electron chi connectivity index (χ1n) is 8.97. The van der Waals surface area contributed by atoms with Crippen LogP contribution in [0.4, 0.5) is 11.4 Å². The highest BCUT2D eigenvalue weighted by Crippen LogP contribution is 2.29. The summed E-state index contributed by atoms with van der Waals surface area (Å²) in [5.41, 5.74) is 3.44. The van der Waals surface area contributed by atoms with Crippen LogP contribution in [-0.4, -0.2) is 24.0 Å². The first-order chi connectivity index (χ1) is 12.8. The van der Waals surface area contributed by atoms with Gasteiger partial charge in [0.2, 0.25) is 0 Å². The Morgan fingerprint density at radius 3 is 2.50 bits per heavy atom. The van der Waals surface area contributed by atoms with Crippen LogP contribution in [0.15, 0.2) is 60.0 Å². The Morgan fingerprint density at radius 1 is 0.962 bits per heavy atom. The van der Waals surface area contributed by atoms with Crippen LogP contribution in [0, 0.1) is 0 Å². The number of benzene rings is 2. The van der Waals surface area contributed by atoms with Crippen molar-refractivity contribution in [2.45, 2.75) is 19.3 Å². The Labute approximate surface area is 157 Å². The molecule has 132 valence electrons. The molecule has 1 aliphatic rings. The average molecular weight is 363 g/mol. The van der Waals surface area contributed by atoms with Gasteiger partial charge in [0.15, 0.2) is 0 Å². The molecule has 1 aliphatic heterocycles. The number of hydrogen-bond donors (Lipinski definition) is 1. The van der Waals surface area contributed by atoms with E-state index >= 15 is 0 Å². The molecule has 0 spiro atoms. The molecule has 0 aliphatic carbocycles. The number of nitrogens with zero attached hydrogens (tertiary/aromatic N) is 2. The second-order valence-corrected chi connectivity index (χ2v) is 7.28. The zero-order valence-electron chi connectivity index (χ0n) is 14.5. The fourth-order valence-electron chi connectivity index (χ4n) is 3.27. The van der Waals surface area contributed by atoms with Crippen molar-refractivity contribution in [1.82, 2.24) is 4.98 Å². The monoisotopic (exact) mass is 363 g/mol. The first kappa shape index (κ1) is 16.8. The molecular weight excluding hydrogens is 342 g/mol. The van der Waals surface area contributed by atoms with Gasteiger partial charge in [-0.15, -0.1) is 11.3 Å². The van der Waals surface area contributed by atoms with Crippen LogP contribution in [0.1, 0.15) is 29.8 Å². The van der Waals surface area contributed by atoms with Crippen LogP contribution in [0.3, 0.4) is 0 Å². The van der Waals surface area contributed by atoms with Crippen molar-refractivity contribution in [2.24, 2.45) is 0 Å². The molecule has 0 saturated carbocycles. The lowest BCUT2D eigenvalue weighted by molar-refractivity contribution is 0.102. The molecule has 0 bridgehead atoms. The van der Waals surface area contributed by atoms with Gasteiger partial charge in [0.05, 0.1) is 11.4 Å². The predicted molar refractivity (Wildman–Crippen MR) is 108 cm³/mol. The predicted octanol–water partition coefficient (Wildman–Crippen LogP) is 5.05. The van der Waals surface area contributed by atoms with Gasteiger partial charge >= 0.3 is 0 Å². The molecule has 1 amide bonds. The van der Waals surface area contributed by atoms with Gasteiger partial charge in [0.1, 0.15) is 10.7 Å². The summed E-state index contributed by atoms with van der Waals surface area (Å²) in [5, 5.41) is 5.73. The normalized spacial score (nSPS) is 14.2. The lowest BCUT2D eigenvalue weighted by Gasteiger charge is -2.30. The zero-order chi connectivity index (χ0) is 17.8. The van der Waals surface area contributed by atoms with E-state index in [1.165, 1.54) is 30.6 Å². The number of hydrogen-bond acceptors (Lipinski definition) is 4. The molecule has 0 radical (unpaired) electrons. The van der Waals surface area contributed by atoms with Crippen molar-refractivity contribution < 1.29 is 4.79 Å². The van der Waals surface area contributed by atoms with Gasteiger partial charge < -0.3 is 10.2 Å². The summed E-state index contributed by atoms with van der Waals surface area (Å²) < 4.78 is 0. The summed E-state index contributed by atoms with van der Waals surface area (Å²) in [6.45, 7) is 2.09. The number of amides is 1. The zero-order valence-corrected chi connectivity index (χ0v) is 15.3. The molecule has 0 unspecified atom stereocenters. The maximum absolute atomic E-state index is 12.7. The number of aromatic nitrogens is 1. The quantitative estimate of drug-likeness (QED) is 0.705. The number of thiazole rings is 1. The SMILES string of the molecule is O=C(Nc1ccccc1N1CCCCC1)c1csc(-c2ccccc2)n1. The smallest absolute Gasteiger partial charge is 0.275 e. The van der Waals surface area contributed by atoms with E-state index in [-0.39, 0.29) is 5.91 Å². The number of carbonyl (C=O) groups is 1. The van der Waals surface area contributed by atoms with E-state index < -0.39 is 0 Å². The summed E-state index contributed by atoms with van der Waals surface area (Å²) in [6.07, 6.45) is 3.69. The van der Waals surface area contributed by atoms with E-state index in [9.17, 15) is 4.79 Å². The van der Waals surface area contributed by atoms with Crippen molar-refractivity contribution in [3.05, 3.63) is 65.7 Å². The summed E-state index contributed by atoms with van der Waals surface area (Å²) >= 11 is 1.49. The highest BCUT2D eigenvalue weighted by molar-refractivity contribution is 7.13. The van der Waals surface area contributed by atoms with Crippen molar-refractivity contribution in [3.63, 3.8) is 0 Å². The van der Waals surface area contributed by atoms with E-state index in [2.05, 4.69) is 21.3 Å². The van der Waals surface area contributed by atoms with Gasteiger partial charge in [0, 0.05) is 24.0 Å². The molecule has 3 aromatic rings. The fourth-order valence-corrected chi connectivity index (χ4v) is 4.07. The van der Waals surface area contributed by atoms with Crippen molar-refractivity contribution >= 4 is 28.6 Å². The van der Waals surface area contributed by atoms with Gasteiger partial charge in [-0.2, -0.15) is 0 Å². The molecule has 1 N–H and O–H groups in total. The Balaban J connectivity index is 1.53. The number of carbonyl (C=O) groups excluding carboxylic acids is 1. The lowest BCUT2D eigenvalue weighted by atomic mass is 10.1. The third-order valence-electron chi connectivity index (χ3n) is 4.61. The van der Waals surface area contributed by atoms with E-state index in [0.717, 1.165) is 35.0 Å². The third kappa shape index (κ3) is 3.63. The van der Waals surface area contributed by atoms with Crippen LogP contribution < -0.4 is 10.2 Å². The van der Waals surface area contributed by atoms with E-state index in [0.29, 0.717) is 5.69 Å². The Kier molecular flexibility index (Phi) is 4.97. The molecule has 1 aromatic heterocycles. The summed E-state index contributed by atoms with van der Waals surface area (Å²) in [6, 6.07) is 18.0. The van der Waals surface area contributed by atoms with Crippen molar-refractivity contribution in [1.29, 1.82) is 0 Å². The Hall–Kier alpha value is -2.66. The van der Waals surface area contributed by atoms with Crippen LogP contribution in [0.2, 0.25) is 0 Å². The largest absolute Gasteiger partial charge is 0.370 e. The van der Waals surface area contributed by atoms with Crippen molar-refractivity contribution in [2.75, 3.05) is 23.3 Å². The minimum absolute atomic E-state index is 0.159. The summed E-state index contributed by atoms with van der Waals surface area (Å²) in [4.78, 5) is 19.6. The second kappa shape index (κ2) is 7.70. The number of anilines is 2. The lowest BCUT2D eigenvalue weighted by Crippen LogP contribution is -2.30. The molecule has 4 rings (SSSR count). The molecule has 4 nitrogen and oxygen atoms in total. The number of para-hydroxylation sites is 2. The standard InChI is InChI=1S/C21H21N3OS/c25-20(18-15-26-21(23-18)16-9-3-1-4-10-16)22-17-11-5-6-12-19(17)24-13-7-2-8-14-24/h1,3-6,9-12,15H,2,7-8,13-14H2,(H,22,25).